The fourth-order valence-electron chi connectivity index (χ4n) is 3.75. The standard InChI is InChI=1S/C13H17NO2/c1-5-6(2)9-7(3)8(5)10-11(9)13(16)14(4)12(10)15/h7-9,15-16H,1-4H3. The SMILES string of the molecule is CC1=C(C)C2c3c(c(O)n(C)c3O)C1C2C. The summed E-state index contributed by atoms with van der Waals surface area (Å²) in [5.74, 6) is 1.54. The zero-order valence-electron chi connectivity index (χ0n) is 10.1. The van der Waals surface area contributed by atoms with Crippen LogP contribution in [0.15, 0.2) is 11.1 Å². The van der Waals surface area contributed by atoms with E-state index >= 15 is 0 Å². The molecule has 1 heterocycles. The molecular weight excluding hydrogens is 202 g/mol. The van der Waals surface area contributed by atoms with Crippen LogP contribution in [0.3, 0.4) is 0 Å². The van der Waals surface area contributed by atoms with Gasteiger partial charge in [-0.2, -0.15) is 0 Å². The van der Waals surface area contributed by atoms with E-state index in [0.717, 1.165) is 11.1 Å². The minimum atomic E-state index is 0.235. The third-order valence-corrected chi connectivity index (χ3v) is 4.64. The second-order valence-electron chi connectivity index (χ2n) is 5.21. The average Bonchev–Trinajstić information content (AvgIpc) is 2.73. The van der Waals surface area contributed by atoms with Gasteiger partial charge in [-0.05, 0) is 19.8 Å². The van der Waals surface area contributed by atoms with Crippen LogP contribution in [0.4, 0.5) is 0 Å². The van der Waals surface area contributed by atoms with Gasteiger partial charge in [-0.3, -0.25) is 4.57 Å². The predicted molar refractivity (Wildman–Crippen MR) is 61.8 cm³/mol. The van der Waals surface area contributed by atoms with Gasteiger partial charge in [0.25, 0.3) is 0 Å². The molecule has 1 aromatic rings. The van der Waals surface area contributed by atoms with Crippen molar-refractivity contribution in [2.24, 2.45) is 13.0 Å². The van der Waals surface area contributed by atoms with Crippen molar-refractivity contribution in [2.45, 2.75) is 32.6 Å². The lowest BCUT2D eigenvalue weighted by molar-refractivity contribution is 0.373. The topological polar surface area (TPSA) is 45.4 Å². The first-order valence-electron chi connectivity index (χ1n) is 5.74. The van der Waals surface area contributed by atoms with Crippen LogP contribution >= 0.6 is 0 Å². The van der Waals surface area contributed by atoms with E-state index in [0.29, 0.717) is 17.8 Å². The molecule has 1 aromatic heterocycles. The molecule has 0 fully saturated rings. The maximum Gasteiger partial charge on any atom is 0.197 e. The van der Waals surface area contributed by atoms with Gasteiger partial charge >= 0.3 is 0 Å². The van der Waals surface area contributed by atoms with E-state index in [4.69, 9.17) is 0 Å². The van der Waals surface area contributed by atoms with Gasteiger partial charge in [-0.1, -0.05) is 18.1 Å². The zero-order chi connectivity index (χ0) is 11.8. The molecule has 3 heteroatoms. The molecule has 0 aliphatic heterocycles. The van der Waals surface area contributed by atoms with Crippen molar-refractivity contribution in [2.75, 3.05) is 0 Å². The molecule has 3 nitrogen and oxygen atoms in total. The maximum absolute atomic E-state index is 10.1. The lowest BCUT2D eigenvalue weighted by Crippen LogP contribution is -2.02. The lowest BCUT2D eigenvalue weighted by atomic mass is 9.90. The Morgan fingerprint density at radius 1 is 0.938 bits per heavy atom. The number of hydrogen-bond donors (Lipinski definition) is 2. The van der Waals surface area contributed by atoms with Crippen LogP contribution in [0, 0.1) is 5.92 Å². The number of aromatic hydroxyl groups is 2. The van der Waals surface area contributed by atoms with Gasteiger partial charge in [0.05, 0.1) is 0 Å². The van der Waals surface area contributed by atoms with E-state index in [2.05, 4.69) is 20.8 Å². The molecule has 2 aliphatic carbocycles. The third-order valence-electron chi connectivity index (χ3n) is 4.64. The molecule has 16 heavy (non-hydrogen) atoms. The Balaban J connectivity index is 2.32. The number of aromatic nitrogens is 1. The smallest absolute Gasteiger partial charge is 0.197 e. The molecule has 0 saturated carbocycles. The van der Waals surface area contributed by atoms with Gasteiger partial charge in [-0.15, -0.1) is 0 Å². The number of fused-ring (bicyclic) bond motifs is 5. The van der Waals surface area contributed by atoms with Gasteiger partial charge in [0.2, 0.25) is 0 Å². The van der Waals surface area contributed by atoms with Crippen molar-refractivity contribution in [3.05, 3.63) is 22.3 Å². The summed E-state index contributed by atoms with van der Waals surface area (Å²) in [6.07, 6.45) is 0. The van der Waals surface area contributed by atoms with Crippen LogP contribution in [0.5, 0.6) is 11.8 Å². The Labute approximate surface area is 95.0 Å². The average molecular weight is 219 g/mol. The zero-order valence-corrected chi connectivity index (χ0v) is 10.1. The van der Waals surface area contributed by atoms with Gasteiger partial charge in [0.1, 0.15) is 0 Å². The maximum atomic E-state index is 10.1. The molecule has 0 spiro atoms. The molecule has 0 radical (unpaired) electrons. The molecule has 86 valence electrons. The fourth-order valence-corrected chi connectivity index (χ4v) is 3.75. The lowest BCUT2D eigenvalue weighted by Gasteiger charge is -2.14. The quantitative estimate of drug-likeness (QED) is 0.659. The highest BCUT2D eigenvalue weighted by molar-refractivity contribution is 5.63. The fraction of sp³-hybridized carbons (Fsp3) is 0.538. The number of nitrogens with zero attached hydrogens (tertiary/aromatic N) is 1. The van der Waals surface area contributed by atoms with E-state index in [-0.39, 0.29) is 11.8 Å². The second kappa shape index (κ2) is 2.65. The predicted octanol–water partition coefficient (Wildman–Crippen LogP) is 2.60. The Morgan fingerprint density at radius 2 is 1.31 bits per heavy atom. The first kappa shape index (κ1) is 9.82. The summed E-state index contributed by atoms with van der Waals surface area (Å²) >= 11 is 0. The summed E-state index contributed by atoms with van der Waals surface area (Å²) < 4.78 is 1.49. The largest absolute Gasteiger partial charge is 0.494 e. The van der Waals surface area contributed by atoms with Crippen molar-refractivity contribution in [1.29, 1.82) is 0 Å². The van der Waals surface area contributed by atoms with E-state index in [1.807, 2.05) is 0 Å². The molecule has 2 aliphatic rings. The van der Waals surface area contributed by atoms with Crippen molar-refractivity contribution < 1.29 is 10.2 Å². The Morgan fingerprint density at radius 3 is 1.69 bits per heavy atom. The molecule has 2 unspecified atom stereocenters. The summed E-state index contributed by atoms with van der Waals surface area (Å²) in [7, 11) is 1.71. The van der Waals surface area contributed by atoms with Crippen LogP contribution in [-0.2, 0) is 7.05 Å². The number of allylic oxidation sites excluding steroid dienone is 2. The Bertz CT molecular complexity index is 481. The van der Waals surface area contributed by atoms with Crippen molar-refractivity contribution in [1.82, 2.24) is 4.57 Å². The number of hydrogen-bond acceptors (Lipinski definition) is 2. The van der Waals surface area contributed by atoms with Gasteiger partial charge < -0.3 is 10.2 Å². The minimum absolute atomic E-state index is 0.235. The molecule has 0 aromatic carbocycles. The van der Waals surface area contributed by atoms with Gasteiger partial charge in [0.15, 0.2) is 11.8 Å². The summed E-state index contributed by atoms with van der Waals surface area (Å²) in [6, 6.07) is 0. The Hall–Kier alpha value is -1.38. The van der Waals surface area contributed by atoms with Crippen molar-refractivity contribution in [3.8, 4) is 11.8 Å². The second-order valence-corrected chi connectivity index (χ2v) is 5.21. The van der Waals surface area contributed by atoms with Crippen LogP contribution in [-0.4, -0.2) is 14.8 Å². The Kier molecular flexibility index (Phi) is 1.63. The van der Waals surface area contributed by atoms with E-state index in [1.54, 1.807) is 7.05 Å². The van der Waals surface area contributed by atoms with Crippen LogP contribution in [0.2, 0.25) is 0 Å². The highest BCUT2D eigenvalue weighted by Gasteiger charge is 2.50. The van der Waals surface area contributed by atoms with Crippen LogP contribution in [0.1, 0.15) is 43.7 Å². The summed E-state index contributed by atoms with van der Waals surface area (Å²) in [5, 5.41) is 20.1. The number of rotatable bonds is 0. The van der Waals surface area contributed by atoms with E-state index < -0.39 is 0 Å². The van der Waals surface area contributed by atoms with Gasteiger partial charge in [-0.25, -0.2) is 0 Å². The summed E-state index contributed by atoms with van der Waals surface area (Å²) in [5.41, 5.74) is 4.65. The third kappa shape index (κ3) is 0.784. The molecule has 3 rings (SSSR count). The molecule has 2 bridgehead atoms. The van der Waals surface area contributed by atoms with E-state index in [1.165, 1.54) is 15.7 Å². The molecule has 2 N–H and O–H groups in total. The monoisotopic (exact) mass is 219 g/mol. The van der Waals surface area contributed by atoms with Gasteiger partial charge in [0, 0.05) is 30.0 Å². The summed E-state index contributed by atoms with van der Waals surface area (Å²) in [4.78, 5) is 0. The minimum Gasteiger partial charge on any atom is -0.494 e. The highest BCUT2D eigenvalue weighted by atomic mass is 16.3. The first-order chi connectivity index (χ1) is 7.46. The molecule has 0 amide bonds. The molecule has 2 atom stereocenters. The normalized spacial score (nSPS) is 31.4. The van der Waals surface area contributed by atoms with Crippen molar-refractivity contribution >= 4 is 0 Å². The summed E-state index contributed by atoms with van der Waals surface area (Å²) in [6.45, 7) is 6.49. The first-order valence-corrected chi connectivity index (χ1v) is 5.74. The van der Waals surface area contributed by atoms with Crippen LogP contribution < -0.4 is 0 Å². The van der Waals surface area contributed by atoms with E-state index in [9.17, 15) is 10.2 Å². The molecule has 0 saturated heterocycles. The van der Waals surface area contributed by atoms with Crippen LogP contribution in [0.25, 0.3) is 0 Å². The molecular formula is C13H17NO2. The highest BCUT2D eigenvalue weighted by Crippen LogP contribution is 2.64. The van der Waals surface area contributed by atoms with Crippen molar-refractivity contribution in [3.63, 3.8) is 0 Å².